The normalized spacial score (nSPS) is 11.4. The Kier molecular flexibility index (Phi) is 4.73. The topological polar surface area (TPSA) is 96.5 Å². The molecule has 0 atom stereocenters. The number of aromatic nitrogens is 6. The van der Waals surface area contributed by atoms with Crippen LogP contribution in [0, 0.1) is 17.5 Å². The second-order valence-electron chi connectivity index (χ2n) is 7.51. The summed E-state index contributed by atoms with van der Waals surface area (Å²) in [4.78, 5) is 20.9. The molecule has 3 heterocycles. The molecule has 0 aliphatic carbocycles. The van der Waals surface area contributed by atoms with E-state index in [0.717, 1.165) is 22.9 Å². The average molecular weight is 451 g/mol. The fraction of sp³-hybridized carbons (Fsp3) is 0.0909. The maximum absolute atomic E-state index is 15.1. The molecule has 0 fully saturated rings. The van der Waals surface area contributed by atoms with Crippen molar-refractivity contribution >= 4 is 16.9 Å². The van der Waals surface area contributed by atoms with E-state index in [9.17, 15) is 13.6 Å². The van der Waals surface area contributed by atoms with Gasteiger partial charge < -0.3 is 10.3 Å². The number of nitrogens with zero attached hydrogens (tertiary/aromatic N) is 6. The van der Waals surface area contributed by atoms with Crippen molar-refractivity contribution in [3.63, 3.8) is 0 Å². The zero-order valence-corrected chi connectivity index (χ0v) is 17.2. The minimum atomic E-state index is -0.748. The molecule has 5 aromatic rings. The highest BCUT2D eigenvalue weighted by Gasteiger charge is 2.18. The lowest BCUT2D eigenvalue weighted by Crippen LogP contribution is -2.24. The molecule has 166 valence electrons. The molecule has 0 spiro atoms. The molecule has 0 amide bonds. The van der Waals surface area contributed by atoms with E-state index < -0.39 is 23.1 Å². The molecule has 0 aliphatic rings. The Hall–Kier alpha value is -4.41. The van der Waals surface area contributed by atoms with Crippen LogP contribution in [0.2, 0.25) is 0 Å². The van der Waals surface area contributed by atoms with E-state index in [1.807, 2.05) is 0 Å². The van der Waals surface area contributed by atoms with Crippen LogP contribution in [0.25, 0.3) is 27.8 Å². The molecule has 0 aliphatic heterocycles. The molecule has 0 saturated carbocycles. The van der Waals surface area contributed by atoms with Crippen molar-refractivity contribution in [2.45, 2.75) is 6.54 Å². The van der Waals surface area contributed by atoms with Gasteiger partial charge in [-0.1, -0.05) is 0 Å². The third-order valence-electron chi connectivity index (χ3n) is 5.28. The molecule has 2 aromatic carbocycles. The van der Waals surface area contributed by atoms with Gasteiger partial charge >= 0.3 is 5.69 Å². The maximum Gasteiger partial charge on any atom is 0.350 e. The van der Waals surface area contributed by atoms with E-state index in [-0.39, 0.29) is 29.2 Å². The number of aryl methyl sites for hydroxylation is 1. The maximum atomic E-state index is 15.1. The first-order valence-corrected chi connectivity index (χ1v) is 9.77. The van der Waals surface area contributed by atoms with E-state index in [0.29, 0.717) is 16.6 Å². The molecule has 2 N–H and O–H groups in total. The number of nitrogens with two attached hydrogens (primary N) is 1. The summed E-state index contributed by atoms with van der Waals surface area (Å²) in [7, 11) is 1.77. The van der Waals surface area contributed by atoms with Crippen molar-refractivity contribution in [1.29, 1.82) is 0 Å². The summed E-state index contributed by atoms with van der Waals surface area (Å²) in [5.41, 5.74) is 7.18. The van der Waals surface area contributed by atoms with Crippen LogP contribution < -0.4 is 11.4 Å². The number of hydrogen-bond acceptors (Lipinski definition) is 5. The van der Waals surface area contributed by atoms with Crippen LogP contribution in [0.3, 0.4) is 0 Å². The number of anilines is 1. The molecule has 0 bridgehead atoms. The molecule has 8 nitrogen and oxygen atoms in total. The number of fused-ring (bicyclic) bond motifs is 1. The van der Waals surface area contributed by atoms with Crippen molar-refractivity contribution in [3.05, 3.63) is 88.7 Å². The highest BCUT2D eigenvalue weighted by atomic mass is 19.1. The molecule has 5 rings (SSSR count). The number of benzene rings is 2. The first kappa shape index (κ1) is 20.5. The lowest BCUT2D eigenvalue weighted by Gasteiger charge is -2.06. The summed E-state index contributed by atoms with van der Waals surface area (Å²) < 4.78 is 45.9. The summed E-state index contributed by atoms with van der Waals surface area (Å²) in [5.74, 6) is -1.87. The standard InChI is InChI=1S/C22H16F3N7O/c1-30-9-17(19-20(26)27-10-28-21(19)30)16-3-2-15(7-18(16)25)32-22(33)31(11-29-32)8-12-4-13(23)6-14(24)5-12/h2-7,9-11H,8H2,1H3,(H2,26,27,28). The van der Waals surface area contributed by atoms with Gasteiger partial charge in [0.05, 0.1) is 17.6 Å². The Labute approximate surface area is 184 Å². The van der Waals surface area contributed by atoms with Gasteiger partial charge in [-0.2, -0.15) is 9.78 Å². The molecule has 3 aromatic heterocycles. The van der Waals surface area contributed by atoms with E-state index >= 15 is 4.39 Å². The van der Waals surface area contributed by atoms with Gasteiger partial charge in [-0.25, -0.2) is 27.9 Å². The highest BCUT2D eigenvalue weighted by Crippen LogP contribution is 2.34. The zero-order valence-electron chi connectivity index (χ0n) is 17.2. The molecular weight excluding hydrogens is 435 g/mol. The fourth-order valence-electron chi connectivity index (χ4n) is 3.81. The van der Waals surface area contributed by atoms with Crippen molar-refractivity contribution in [3.8, 4) is 16.8 Å². The van der Waals surface area contributed by atoms with Gasteiger partial charge in [-0.15, -0.1) is 0 Å². The number of halogens is 3. The number of hydrogen-bond donors (Lipinski definition) is 1. The molecule has 11 heteroatoms. The molecule has 0 radical (unpaired) electrons. The summed E-state index contributed by atoms with van der Waals surface area (Å²) >= 11 is 0. The van der Waals surface area contributed by atoms with Crippen LogP contribution in [0.5, 0.6) is 0 Å². The predicted molar refractivity (Wildman–Crippen MR) is 115 cm³/mol. The second-order valence-corrected chi connectivity index (χ2v) is 7.51. The van der Waals surface area contributed by atoms with Crippen molar-refractivity contribution in [1.82, 2.24) is 28.9 Å². The SMILES string of the molecule is Cn1cc(-c2ccc(-n3ncn(Cc4cc(F)cc(F)c4)c3=O)cc2F)c2c(N)ncnc21. The van der Waals surface area contributed by atoms with Gasteiger partial charge in [-0.3, -0.25) is 4.57 Å². The van der Waals surface area contributed by atoms with Gasteiger partial charge in [0.2, 0.25) is 0 Å². The summed E-state index contributed by atoms with van der Waals surface area (Å²) in [6.07, 6.45) is 4.26. The Bertz CT molecular complexity index is 1560. The minimum Gasteiger partial charge on any atom is -0.383 e. The fourth-order valence-corrected chi connectivity index (χ4v) is 3.81. The highest BCUT2D eigenvalue weighted by molar-refractivity contribution is 6.00. The van der Waals surface area contributed by atoms with Crippen LogP contribution in [0.1, 0.15) is 5.56 Å². The van der Waals surface area contributed by atoms with E-state index in [2.05, 4.69) is 15.1 Å². The number of rotatable bonds is 4. The van der Waals surface area contributed by atoms with E-state index in [1.165, 1.54) is 35.4 Å². The molecule has 33 heavy (non-hydrogen) atoms. The van der Waals surface area contributed by atoms with Gasteiger partial charge in [0.25, 0.3) is 0 Å². The van der Waals surface area contributed by atoms with Gasteiger partial charge in [0, 0.05) is 36.5 Å². The third-order valence-corrected chi connectivity index (χ3v) is 5.28. The second kappa shape index (κ2) is 7.62. The Balaban J connectivity index is 1.52. The Morgan fingerprint density at radius 3 is 2.48 bits per heavy atom. The predicted octanol–water partition coefficient (Wildman–Crippen LogP) is 3.03. The first-order valence-electron chi connectivity index (χ1n) is 9.77. The van der Waals surface area contributed by atoms with Crippen molar-refractivity contribution < 1.29 is 13.2 Å². The number of nitrogen functional groups attached to an aromatic ring is 1. The monoisotopic (exact) mass is 451 g/mol. The zero-order chi connectivity index (χ0) is 23.3. The summed E-state index contributed by atoms with van der Waals surface area (Å²) in [6, 6.07) is 7.23. The molecule has 0 saturated heterocycles. The van der Waals surface area contributed by atoms with E-state index in [4.69, 9.17) is 5.73 Å². The van der Waals surface area contributed by atoms with E-state index in [1.54, 1.807) is 17.8 Å². The lowest BCUT2D eigenvalue weighted by atomic mass is 10.0. The Morgan fingerprint density at radius 2 is 1.76 bits per heavy atom. The van der Waals surface area contributed by atoms with Crippen LogP contribution in [0.15, 0.2) is 60.0 Å². The summed E-state index contributed by atoms with van der Waals surface area (Å²) in [6.45, 7) is -0.0939. The quantitative estimate of drug-likeness (QED) is 0.453. The Morgan fingerprint density at radius 1 is 1.00 bits per heavy atom. The molecular formula is C22H16F3N7O. The van der Waals surface area contributed by atoms with Crippen LogP contribution >= 0.6 is 0 Å². The lowest BCUT2D eigenvalue weighted by molar-refractivity contribution is 0.576. The van der Waals surface area contributed by atoms with Gasteiger partial charge in [0.1, 0.15) is 41.6 Å². The van der Waals surface area contributed by atoms with Gasteiger partial charge in [-0.05, 0) is 29.8 Å². The summed E-state index contributed by atoms with van der Waals surface area (Å²) in [5, 5.41) is 4.53. The van der Waals surface area contributed by atoms with Crippen LogP contribution in [-0.4, -0.2) is 28.9 Å². The third kappa shape index (κ3) is 3.53. The molecule has 0 unspecified atom stereocenters. The van der Waals surface area contributed by atoms with Crippen LogP contribution in [-0.2, 0) is 13.6 Å². The first-order chi connectivity index (χ1) is 15.8. The largest absolute Gasteiger partial charge is 0.383 e. The smallest absolute Gasteiger partial charge is 0.350 e. The minimum absolute atomic E-state index is 0.0939. The van der Waals surface area contributed by atoms with Crippen LogP contribution in [0.4, 0.5) is 19.0 Å². The van der Waals surface area contributed by atoms with Crippen molar-refractivity contribution in [2.24, 2.45) is 7.05 Å². The average Bonchev–Trinajstić information content (AvgIpc) is 3.28. The van der Waals surface area contributed by atoms with Gasteiger partial charge in [0.15, 0.2) is 0 Å². The van der Waals surface area contributed by atoms with Crippen molar-refractivity contribution in [2.75, 3.05) is 5.73 Å².